The number of guanidine groups is 1. The van der Waals surface area contributed by atoms with Crippen molar-refractivity contribution in [2.24, 2.45) is 10.9 Å². The summed E-state index contributed by atoms with van der Waals surface area (Å²) < 4.78 is 17.3. The van der Waals surface area contributed by atoms with Crippen molar-refractivity contribution in [3.8, 4) is 0 Å². The molecule has 0 atom stereocenters. The first kappa shape index (κ1) is 15.5. The molecule has 1 aromatic rings. The van der Waals surface area contributed by atoms with E-state index < -0.39 is 0 Å². The molecule has 0 saturated carbocycles. The van der Waals surface area contributed by atoms with Crippen LogP contribution in [0, 0.1) is 5.92 Å². The van der Waals surface area contributed by atoms with Crippen molar-refractivity contribution < 1.29 is 8.81 Å². The highest BCUT2D eigenvalue weighted by Crippen LogP contribution is 1.99. The molecule has 0 aromatic carbocycles. The normalized spacial score (nSPS) is 11.9. The average Bonchev–Trinajstić information content (AvgIpc) is 2.88. The molecule has 0 saturated heterocycles. The maximum Gasteiger partial charge on any atom is 0.191 e. The number of hydrogen-bond acceptors (Lipinski definition) is 2. The number of halogens is 1. The summed E-state index contributed by atoms with van der Waals surface area (Å²) >= 11 is 0. The van der Waals surface area contributed by atoms with Crippen LogP contribution >= 0.6 is 0 Å². The van der Waals surface area contributed by atoms with E-state index in [-0.39, 0.29) is 6.67 Å². The quantitative estimate of drug-likeness (QED) is 0.433. The molecule has 0 unspecified atom stereocenters. The van der Waals surface area contributed by atoms with Gasteiger partial charge in [0.25, 0.3) is 0 Å². The molecule has 1 aromatic heterocycles. The minimum absolute atomic E-state index is 0.309. The van der Waals surface area contributed by atoms with Gasteiger partial charge in [-0.05, 0) is 24.5 Å². The molecule has 2 N–H and O–H groups in total. The summed E-state index contributed by atoms with van der Waals surface area (Å²) in [5.41, 5.74) is 0. The van der Waals surface area contributed by atoms with E-state index in [2.05, 4.69) is 29.5 Å². The maximum absolute atomic E-state index is 12.1. The Morgan fingerprint density at radius 2 is 2.16 bits per heavy atom. The minimum atomic E-state index is -0.309. The molecule has 0 aliphatic carbocycles. The second-order valence-electron chi connectivity index (χ2n) is 4.81. The third kappa shape index (κ3) is 7.49. The van der Waals surface area contributed by atoms with Crippen molar-refractivity contribution >= 4 is 5.96 Å². The van der Waals surface area contributed by atoms with Crippen LogP contribution in [0.4, 0.5) is 4.39 Å². The molecule has 0 aliphatic rings. The summed E-state index contributed by atoms with van der Waals surface area (Å²) in [5.74, 6) is 2.19. The molecule has 0 bridgehead atoms. The summed E-state index contributed by atoms with van der Waals surface area (Å²) in [4.78, 5) is 4.46. The lowest BCUT2D eigenvalue weighted by Gasteiger charge is -2.12. The Balaban J connectivity index is 2.32. The lowest BCUT2D eigenvalue weighted by molar-refractivity contribution is 0.470. The Kier molecular flexibility index (Phi) is 7.70. The van der Waals surface area contributed by atoms with E-state index >= 15 is 0 Å². The van der Waals surface area contributed by atoms with Gasteiger partial charge < -0.3 is 15.1 Å². The summed E-state index contributed by atoms with van der Waals surface area (Å²) in [6.45, 7) is 6.02. The summed E-state index contributed by atoms with van der Waals surface area (Å²) in [5, 5.41) is 6.35. The van der Waals surface area contributed by atoms with Gasteiger partial charge in [0.15, 0.2) is 5.96 Å². The molecule has 4 nitrogen and oxygen atoms in total. The first-order valence-electron chi connectivity index (χ1n) is 6.83. The summed E-state index contributed by atoms with van der Waals surface area (Å²) in [6, 6.07) is 3.83. The van der Waals surface area contributed by atoms with Crippen LogP contribution in [0.1, 0.15) is 26.0 Å². The standard InChI is InChI=1S/C14H24FN3O/c1-12(2)11-18-14(16-8-4-7-15)17-9-6-13-5-3-10-19-13/h3,5,10,12H,4,6-9,11H2,1-2H3,(H2,16,17,18). The number of nitrogens with zero attached hydrogens (tertiary/aromatic N) is 1. The number of alkyl halides is 1. The number of hydrogen-bond donors (Lipinski definition) is 2. The Hall–Kier alpha value is -1.52. The first-order valence-corrected chi connectivity index (χ1v) is 6.83. The van der Waals surface area contributed by atoms with E-state index in [0.29, 0.717) is 18.9 Å². The zero-order valence-corrected chi connectivity index (χ0v) is 11.8. The molecule has 0 amide bonds. The van der Waals surface area contributed by atoms with Gasteiger partial charge in [0, 0.05) is 26.1 Å². The fourth-order valence-electron chi connectivity index (χ4n) is 1.48. The minimum Gasteiger partial charge on any atom is -0.469 e. The lowest BCUT2D eigenvalue weighted by Crippen LogP contribution is -2.39. The smallest absolute Gasteiger partial charge is 0.191 e. The predicted molar refractivity (Wildman–Crippen MR) is 76.1 cm³/mol. The van der Waals surface area contributed by atoms with E-state index in [0.717, 1.165) is 31.2 Å². The predicted octanol–water partition coefficient (Wildman–Crippen LogP) is 2.37. The zero-order chi connectivity index (χ0) is 13.9. The topological polar surface area (TPSA) is 49.6 Å². The Morgan fingerprint density at radius 3 is 2.79 bits per heavy atom. The highest BCUT2D eigenvalue weighted by molar-refractivity contribution is 5.79. The second-order valence-corrected chi connectivity index (χ2v) is 4.81. The van der Waals surface area contributed by atoms with Gasteiger partial charge in [0.05, 0.1) is 12.9 Å². The molecule has 1 rings (SSSR count). The molecule has 0 radical (unpaired) electrons. The highest BCUT2D eigenvalue weighted by atomic mass is 19.1. The average molecular weight is 269 g/mol. The zero-order valence-electron chi connectivity index (χ0n) is 11.8. The van der Waals surface area contributed by atoms with E-state index in [1.165, 1.54) is 0 Å². The largest absolute Gasteiger partial charge is 0.469 e. The van der Waals surface area contributed by atoms with Crippen LogP contribution in [-0.4, -0.2) is 32.3 Å². The van der Waals surface area contributed by atoms with Crippen molar-refractivity contribution in [3.05, 3.63) is 24.2 Å². The fraction of sp³-hybridized carbons (Fsp3) is 0.643. The van der Waals surface area contributed by atoms with Crippen LogP contribution in [0.15, 0.2) is 27.8 Å². The number of aliphatic imine (C=N–C) groups is 1. The molecule has 0 aliphatic heterocycles. The van der Waals surface area contributed by atoms with Gasteiger partial charge in [-0.15, -0.1) is 0 Å². The van der Waals surface area contributed by atoms with Crippen molar-refractivity contribution in [2.75, 3.05) is 26.3 Å². The first-order chi connectivity index (χ1) is 9.22. The van der Waals surface area contributed by atoms with Gasteiger partial charge >= 0.3 is 0 Å². The van der Waals surface area contributed by atoms with Crippen molar-refractivity contribution in [1.29, 1.82) is 0 Å². The number of rotatable bonds is 8. The monoisotopic (exact) mass is 269 g/mol. The van der Waals surface area contributed by atoms with E-state index in [9.17, 15) is 4.39 Å². The van der Waals surface area contributed by atoms with Gasteiger partial charge in [-0.25, -0.2) is 0 Å². The molecule has 108 valence electrons. The van der Waals surface area contributed by atoms with Gasteiger partial charge in [0.2, 0.25) is 0 Å². The van der Waals surface area contributed by atoms with Gasteiger partial charge in [0.1, 0.15) is 5.76 Å². The van der Waals surface area contributed by atoms with Crippen LogP contribution in [0.3, 0.4) is 0 Å². The lowest BCUT2D eigenvalue weighted by atomic mass is 10.2. The van der Waals surface area contributed by atoms with E-state index in [4.69, 9.17) is 4.42 Å². The Labute approximate surface area is 114 Å². The Bertz CT molecular complexity index is 350. The molecule has 0 spiro atoms. The SMILES string of the molecule is CC(C)CN=C(NCCCF)NCCc1ccco1. The fourth-order valence-corrected chi connectivity index (χ4v) is 1.48. The van der Waals surface area contributed by atoms with E-state index in [1.54, 1.807) is 6.26 Å². The van der Waals surface area contributed by atoms with Crippen molar-refractivity contribution in [1.82, 2.24) is 10.6 Å². The van der Waals surface area contributed by atoms with Crippen LogP contribution < -0.4 is 10.6 Å². The van der Waals surface area contributed by atoms with Crippen molar-refractivity contribution in [3.63, 3.8) is 0 Å². The van der Waals surface area contributed by atoms with Crippen LogP contribution in [0.2, 0.25) is 0 Å². The Morgan fingerprint density at radius 1 is 1.37 bits per heavy atom. The number of nitrogens with one attached hydrogen (secondary N) is 2. The molecular formula is C14H24FN3O. The molecule has 5 heteroatoms. The summed E-state index contributed by atoms with van der Waals surface area (Å²) in [6.07, 6.45) is 2.97. The van der Waals surface area contributed by atoms with Crippen LogP contribution in [-0.2, 0) is 6.42 Å². The summed E-state index contributed by atoms with van der Waals surface area (Å²) in [7, 11) is 0. The van der Waals surface area contributed by atoms with Crippen molar-refractivity contribution in [2.45, 2.75) is 26.7 Å². The third-order valence-electron chi connectivity index (χ3n) is 2.46. The van der Waals surface area contributed by atoms with Gasteiger partial charge in [-0.1, -0.05) is 13.8 Å². The number of furan rings is 1. The van der Waals surface area contributed by atoms with E-state index in [1.807, 2.05) is 12.1 Å². The van der Waals surface area contributed by atoms with Gasteiger partial charge in [-0.3, -0.25) is 9.38 Å². The molecule has 1 heterocycles. The van der Waals surface area contributed by atoms with Gasteiger partial charge in [-0.2, -0.15) is 0 Å². The van der Waals surface area contributed by atoms with Crippen LogP contribution in [0.25, 0.3) is 0 Å². The highest BCUT2D eigenvalue weighted by Gasteiger charge is 2.01. The third-order valence-corrected chi connectivity index (χ3v) is 2.46. The molecule has 19 heavy (non-hydrogen) atoms. The molecule has 0 fully saturated rings. The molecular weight excluding hydrogens is 245 g/mol. The maximum atomic E-state index is 12.1. The second kappa shape index (κ2) is 9.42. The van der Waals surface area contributed by atoms with Crippen LogP contribution in [0.5, 0.6) is 0 Å².